The van der Waals surface area contributed by atoms with Crippen molar-refractivity contribution in [1.82, 2.24) is 5.32 Å². The third-order valence-corrected chi connectivity index (χ3v) is 4.10. The molecular weight excluding hydrogens is 458 g/mol. The molecule has 2 rings (SSSR count). The molecule has 114 valence electrons. The smallest absolute Gasteiger partial charge is 0.258 e. The first-order chi connectivity index (χ1) is 10.4. The van der Waals surface area contributed by atoms with Crippen LogP contribution in [-0.2, 0) is 0 Å². The number of halogens is 4. The number of hydrogen-bond acceptors (Lipinski definition) is 2. The number of anilines is 1. The van der Waals surface area contributed by atoms with Gasteiger partial charge in [0.15, 0.2) is 5.11 Å². The van der Waals surface area contributed by atoms with Crippen LogP contribution < -0.4 is 10.6 Å². The Balaban J connectivity index is 2.08. The van der Waals surface area contributed by atoms with Crippen molar-refractivity contribution < 1.29 is 9.18 Å². The number of rotatable bonds is 2. The van der Waals surface area contributed by atoms with Crippen LogP contribution in [0, 0.1) is 5.82 Å². The van der Waals surface area contributed by atoms with Gasteiger partial charge in [0.25, 0.3) is 5.91 Å². The van der Waals surface area contributed by atoms with Crippen molar-refractivity contribution in [2.75, 3.05) is 5.32 Å². The molecule has 0 aliphatic carbocycles. The third kappa shape index (κ3) is 4.49. The molecule has 0 aliphatic rings. The highest BCUT2D eigenvalue weighted by Crippen LogP contribution is 2.21. The van der Waals surface area contributed by atoms with Gasteiger partial charge in [-0.05, 0) is 48.6 Å². The second-order valence-corrected chi connectivity index (χ2v) is 6.80. The average molecular weight is 467 g/mol. The fourth-order valence-corrected chi connectivity index (χ4v) is 2.69. The minimum absolute atomic E-state index is 0.0257. The molecule has 0 aliphatic heterocycles. The van der Waals surface area contributed by atoms with E-state index in [0.717, 1.165) is 0 Å². The molecule has 0 radical (unpaired) electrons. The van der Waals surface area contributed by atoms with Gasteiger partial charge in [0.2, 0.25) is 0 Å². The average Bonchev–Trinajstić information content (AvgIpc) is 2.44. The van der Waals surface area contributed by atoms with Gasteiger partial charge in [-0.3, -0.25) is 10.1 Å². The standard InChI is InChI=1S/C14H8Br2ClFN2OS/c15-7-1-3-10(17)9(5-7)13(21)20-14(22)19-12-4-2-8(16)6-11(12)18/h1-6H,(H2,19,20,21,22). The van der Waals surface area contributed by atoms with E-state index in [1.54, 1.807) is 24.3 Å². The molecule has 1 amide bonds. The molecular formula is C14H8Br2ClFN2OS. The normalized spacial score (nSPS) is 10.2. The van der Waals surface area contributed by atoms with Crippen molar-refractivity contribution in [2.24, 2.45) is 0 Å². The Morgan fingerprint density at radius 2 is 1.77 bits per heavy atom. The number of nitrogens with one attached hydrogen (secondary N) is 2. The van der Waals surface area contributed by atoms with Gasteiger partial charge in [-0.1, -0.05) is 43.5 Å². The number of thiocarbonyl (C=S) groups is 1. The Hall–Kier alpha value is -1.02. The largest absolute Gasteiger partial charge is 0.330 e. The van der Waals surface area contributed by atoms with Gasteiger partial charge in [-0.2, -0.15) is 0 Å². The molecule has 0 bridgehead atoms. The summed E-state index contributed by atoms with van der Waals surface area (Å²) in [5.41, 5.74) is 0.422. The van der Waals surface area contributed by atoms with Gasteiger partial charge < -0.3 is 5.32 Å². The Labute approximate surface area is 153 Å². The van der Waals surface area contributed by atoms with Gasteiger partial charge in [-0.25, -0.2) is 4.39 Å². The van der Waals surface area contributed by atoms with Crippen LogP contribution in [0.15, 0.2) is 45.3 Å². The van der Waals surface area contributed by atoms with Crippen LogP contribution in [-0.4, -0.2) is 11.0 Å². The van der Waals surface area contributed by atoms with Gasteiger partial charge in [-0.15, -0.1) is 0 Å². The van der Waals surface area contributed by atoms with Crippen LogP contribution in [0.2, 0.25) is 5.02 Å². The predicted molar refractivity (Wildman–Crippen MR) is 96.9 cm³/mol. The molecule has 3 nitrogen and oxygen atoms in total. The molecule has 0 saturated carbocycles. The molecule has 0 spiro atoms. The highest BCUT2D eigenvalue weighted by molar-refractivity contribution is 9.10. The fraction of sp³-hybridized carbons (Fsp3) is 0. The second kappa shape index (κ2) is 7.50. The molecule has 0 atom stereocenters. The van der Waals surface area contributed by atoms with Crippen molar-refractivity contribution in [3.8, 4) is 0 Å². The first-order valence-corrected chi connectivity index (χ1v) is 8.26. The van der Waals surface area contributed by atoms with Gasteiger partial charge >= 0.3 is 0 Å². The summed E-state index contributed by atoms with van der Waals surface area (Å²) in [6.45, 7) is 0. The zero-order valence-electron chi connectivity index (χ0n) is 10.8. The number of amides is 1. The van der Waals surface area contributed by atoms with Gasteiger partial charge in [0.05, 0.1) is 16.3 Å². The maximum Gasteiger partial charge on any atom is 0.258 e. The zero-order valence-corrected chi connectivity index (χ0v) is 15.5. The van der Waals surface area contributed by atoms with E-state index in [1.165, 1.54) is 12.1 Å². The predicted octanol–water partition coefficient (Wildman–Crippen LogP) is 5.13. The van der Waals surface area contributed by atoms with Crippen molar-refractivity contribution >= 4 is 72.4 Å². The minimum Gasteiger partial charge on any atom is -0.330 e. The fourth-order valence-electron chi connectivity index (χ4n) is 1.59. The summed E-state index contributed by atoms with van der Waals surface area (Å²) in [4.78, 5) is 12.1. The Kier molecular flexibility index (Phi) is 5.91. The summed E-state index contributed by atoms with van der Waals surface area (Å²) in [7, 11) is 0. The highest BCUT2D eigenvalue weighted by atomic mass is 79.9. The van der Waals surface area contributed by atoms with Crippen LogP contribution in [0.5, 0.6) is 0 Å². The SMILES string of the molecule is O=C(NC(=S)Nc1ccc(Br)cc1F)c1cc(Br)ccc1Cl. The quantitative estimate of drug-likeness (QED) is 0.603. The molecule has 0 fully saturated rings. The van der Waals surface area contributed by atoms with Gasteiger partial charge in [0, 0.05) is 8.95 Å². The zero-order chi connectivity index (χ0) is 16.3. The topological polar surface area (TPSA) is 41.1 Å². The molecule has 22 heavy (non-hydrogen) atoms. The number of carbonyl (C=O) groups excluding carboxylic acids is 1. The van der Waals surface area contributed by atoms with E-state index >= 15 is 0 Å². The van der Waals surface area contributed by atoms with Crippen LogP contribution in [0.25, 0.3) is 0 Å². The molecule has 0 heterocycles. The van der Waals surface area contributed by atoms with E-state index in [0.29, 0.717) is 14.0 Å². The number of benzene rings is 2. The monoisotopic (exact) mass is 464 g/mol. The summed E-state index contributed by atoms with van der Waals surface area (Å²) >= 11 is 17.4. The summed E-state index contributed by atoms with van der Waals surface area (Å²) < 4.78 is 15.0. The Morgan fingerprint density at radius 1 is 1.14 bits per heavy atom. The van der Waals surface area contributed by atoms with E-state index in [1.807, 2.05) is 0 Å². The van der Waals surface area contributed by atoms with E-state index < -0.39 is 11.7 Å². The Morgan fingerprint density at radius 3 is 2.45 bits per heavy atom. The molecule has 2 aromatic rings. The first-order valence-electron chi connectivity index (χ1n) is 5.89. The van der Waals surface area contributed by atoms with Gasteiger partial charge in [0.1, 0.15) is 5.82 Å². The summed E-state index contributed by atoms with van der Waals surface area (Å²) in [6, 6.07) is 9.32. The lowest BCUT2D eigenvalue weighted by molar-refractivity contribution is 0.0978. The maximum atomic E-state index is 13.7. The lowest BCUT2D eigenvalue weighted by Gasteiger charge is -2.11. The molecule has 8 heteroatoms. The summed E-state index contributed by atoms with van der Waals surface area (Å²) in [5.74, 6) is -0.979. The van der Waals surface area contributed by atoms with E-state index in [-0.39, 0.29) is 16.4 Å². The van der Waals surface area contributed by atoms with Crippen molar-refractivity contribution in [3.05, 3.63) is 61.7 Å². The Bertz CT molecular complexity index is 758. The van der Waals surface area contributed by atoms with Crippen LogP contribution in [0.3, 0.4) is 0 Å². The van der Waals surface area contributed by atoms with Crippen LogP contribution in [0.1, 0.15) is 10.4 Å². The van der Waals surface area contributed by atoms with Crippen molar-refractivity contribution in [2.45, 2.75) is 0 Å². The third-order valence-electron chi connectivity index (χ3n) is 2.58. The van der Waals surface area contributed by atoms with Crippen LogP contribution >= 0.6 is 55.7 Å². The van der Waals surface area contributed by atoms with Crippen LogP contribution in [0.4, 0.5) is 10.1 Å². The molecule has 0 unspecified atom stereocenters. The molecule has 0 saturated heterocycles. The van der Waals surface area contributed by atoms with E-state index in [2.05, 4.69) is 42.5 Å². The van der Waals surface area contributed by atoms with E-state index in [4.69, 9.17) is 23.8 Å². The molecule has 2 aromatic carbocycles. The molecule has 0 aromatic heterocycles. The molecule has 2 N–H and O–H groups in total. The maximum absolute atomic E-state index is 13.7. The lowest BCUT2D eigenvalue weighted by Crippen LogP contribution is -2.34. The summed E-state index contributed by atoms with van der Waals surface area (Å²) in [5, 5.41) is 5.34. The minimum atomic E-state index is -0.494. The lowest BCUT2D eigenvalue weighted by atomic mass is 10.2. The highest BCUT2D eigenvalue weighted by Gasteiger charge is 2.13. The van der Waals surface area contributed by atoms with E-state index in [9.17, 15) is 9.18 Å². The first kappa shape index (κ1) is 17.3. The van der Waals surface area contributed by atoms with Crippen molar-refractivity contribution in [1.29, 1.82) is 0 Å². The second-order valence-electron chi connectivity index (χ2n) is 4.16. The number of hydrogen-bond donors (Lipinski definition) is 2. The number of carbonyl (C=O) groups is 1. The summed E-state index contributed by atoms with van der Waals surface area (Å²) in [6.07, 6.45) is 0. The van der Waals surface area contributed by atoms with Crippen molar-refractivity contribution in [3.63, 3.8) is 0 Å².